The van der Waals surface area contributed by atoms with E-state index < -0.39 is 23.5 Å². The van der Waals surface area contributed by atoms with Crippen molar-refractivity contribution in [1.29, 1.82) is 0 Å². The third-order valence-corrected chi connectivity index (χ3v) is 13.1. The highest BCUT2D eigenvalue weighted by Gasteiger charge is 2.37. The van der Waals surface area contributed by atoms with E-state index in [1.165, 1.54) is 24.3 Å². The van der Waals surface area contributed by atoms with E-state index in [4.69, 9.17) is 19.7 Å². The lowest BCUT2D eigenvalue weighted by molar-refractivity contribution is -0.139. The van der Waals surface area contributed by atoms with E-state index in [1.54, 1.807) is 27.5 Å². The number of benzene rings is 2. The van der Waals surface area contributed by atoms with Crippen molar-refractivity contribution in [2.45, 2.75) is 82.1 Å². The molecule has 4 fully saturated rings. The number of halogens is 6. The van der Waals surface area contributed by atoms with E-state index in [9.17, 15) is 40.7 Å². The van der Waals surface area contributed by atoms with Crippen LogP contribution < -0.4 is 16.4 Å². The Hall–Kier alpha value is -5.77. The highest BCUT2D eigenvalue weighted by molar-refractivity contribution is 5.77. The fourth-order valence-electron chi connectivity index (χ4n) is 9.43. The second kappa shape index (κ2) is 20.2. The van der Waals surface area contributed by atoms with Crippen LogP contribution in [0.5, 0.6) is 0 Å². The molecule has 0 amide bonds. The number of likely N-dealkylation sites (tertiary alicyclic amines) is 1. The number of rotatable bonds is 7. The molecule has 4 aromatic heterocycles. The van der Waals surface area contributed by atoms with Crippen molar-refractivity contribution < 1.29 is 40.6 Å². The third-order valence-electron chi connectivity index (χ3n) is 13.1. The fraction of sp³-hybridized carbons (Fsp3) is 0.500. The zero-order valence-electron chi connectivity index (χ0n) is 36.9. The molecule has 2 aromatic carbocycles. The Labute approximate surface area is 380 Å². The van der Waals surface area contributed by atoms with Gasteiger partial charge in [0.1, 0.15) is 23.3 Å². The lowest BCUT2D eigenvalue weighted by atomic mass is 9.97. The lowest BCUT2D eigenvalue weighted by Gasteiger charge is -2.21. The number of aldehydes is 1. The first-order chi connectivity index (χ1) is 32.1. The number of nitrogens with zero attached hydrogens (tertiary/aromatic N) is 7. The van der Waals surface area contributed by atoms with Gasteiger partial charge in [0, 0.05) is 81.8 Å². The standard InChI is InChI=1S/C23H26F3N5O2.C15H21N5O2.C8H5F3O/c1-14-11-30(12-16-4-2-3-5-18(16)23(24,25)26)13-17(14)20-28-22(32)19-10-27-21(31(19)29-20)15-6-8-33-9-7-15;1-9-6-16-7-11(9)13-18-15(21)12-8-17-14(20(12)19-13)10-2-4-22-5-3-10;9-8(10,11)7-4-2-1-3-6(7)5-12/h2-5,10,14-15,17H,6-9,11-13H2,1H3,(H,28,29,32);8-11,16H,2-7H2,1H3,(H,18,19,21);1-5H. The summed E-state index contributed by atoms with van der Waals surface area (Å²) in [5.41, 5.74) is -0.982. The number of fused-ring (bicyclic) bond motifs is 2. The molecule has 0 radical (unpaired) electrons. The molecule has 4 aliphatic rings. The van der Waals surface area contributed by atoms with Crippen LogP contribution in [0.15, 0.2) is 70.5 Å². The van der Waals surface area contributed by atoms with Gasteiger partial charge in [0.2, 0.25) is 0 Å². The van der Waals surface area contributed by atoms with Gasteiger partial charge in [0.15, 0.2) is 17.3 Å². The highest BCUT2D eigenvalue weighted by Crippen LogP contribution is 2.36. The van der Waals surface area contributed by atoms with E-state index in [0.717, 1.165) is 87.7 Å². The summed E-state index contributed by atoms with van der Waals surface area (Å²) in [5.74, 6) is 4.23. The predicted octanol–water partition coefficient (Wildman–Crippen LogP) is 6.72. The molecular formula is C46H52F6N10O5. The largest absolute Gasteiger partial charge is 0.417 e. The Kier molecular flexibility index (Phi) is 14.4. The second-order valence-corrected chi connectivity index (χ2v) is 17.7. The average molecular weight is 939 g/mol. The number of carbonyl (C=O) groups excluding carboxylic acids is 1. The lowest BCUT2D eigenvalue weighted by Crippen LogP contribution is -2.24. The maximum absolute atomic E-state index is 13.4. The Bertz CT molecular complexity index is 2770. The molecule has 0 spiro atoms. The Morgan fingerprint density at radius 1 is 0.672 bits per heavy atom. The molecule has 358 valence electrons. The van der Waals surface area contributed by atoms with E-state index in [2.05, 4.69) is 32.2 Å². The number of aromatic nitrogens is 8. The SMILES string of the molecule is CC1CN(Cc2ccccc2C(F)(F)F)CC1c1nn2c(C3CCOCC3)ncc2c(=O)[nH]1.CC1CNCC1c1nn2c(C3CCOCC3)ncc2c(=O)[nH]1.O=Cc1ccccc1C(F)(F)F. The normalized spacial score (nSPS) is 22.1. The highest BCUT2D eigenvalue weighted by atomic mass is 19.4. The van der Waals surface area contributed by atoms with Crippen LogP contribution in [-0.2, 0) is 28.4 Å². The average Bonchev–Trinajstić information content (AvgIpc) is 4.13. The predicted molar refractivity (Wildman–Crippen MR) is 233 cm³/mol. The number of alkyl halides is 6. The monoisotopic (exact) mass is 938 g/mol. The van der Waals surface area contributed by atoms with Crippen molar-refractivity contribution in [1.82, 2.24) is 49.4 Å². The molecule has 10 rings (SSSR count). The summed E-state index contributed by atoms with van der Waals surface area (Å²) in [5, 5.41) is 12.8. The molecular weight excluding hydrogens is 887 g/mol. The first kappa shape index (κ1) is 47.7. The first-order valence-electron chi connectivity index (χ1n) is 22.4. The molecule has 15 nitrogen and oxygen atoms in total. The second-order valence-electron chi connectivity index (χ2n) is 17.7. The Morgan fingerprint density at radius 3 is 1.67 bits per heavy atom. The summed E-state index contributed by atoms with van der Waals surface area (Å²) in [4.78, 5) is 52.1. The number of imidazole rings is 2. The van der Waals surface area contributed by atoms with Gasteiger partial charge in [0.25, 0.3) is 11.1 Å². The van der Waals surface area contributed by atoms with Crippen molar-refractivity contribution >= 4 is 17.3 Å². The summed E-state index contributed by atoms with van der Waals surface area (Å²) in [6, 6.07) is 10.3. The molecule has 67 heavy (non-hydrogen) atoms. The van der Waals surface area contributed by atoms with Gasteiger partial charge in [-0.25, -0.2) is 19.0 Å². The topological polar surface area (TPSA) is 177 Å². The fourth-order valence-corrected chi connectivity index (χ4v) is 9.43. The minimum absolute atomic E-state index is 0.0925. The van der Waals surface area contributed by atoms with Crippen molar-refractivity contribution in [3.8, 4) is 0 Å². The van der Waals surface area contributed by atoms with Crippen molar-refractivity contribution in [2.24, 2.45) is 11.8 Å². The van der Waals surface area contributed by atoms with Crippen LogP contribution in [0.3, 0.4) is 0 Å². The van der Waals surface area contributed by atoms with Crippen molar-refractivity contribution in [3.05, 3.63) is 127 Å². The van der Waals surface area contributed by atoms with Gasteiger partial charge in [0.05, 0.1) is 23.5 Å². The zero-order valence-corrected chi connectivity index (χ0v) is 36.9. The van der Waals surface area contributed by atoms with Crippen LogP contribution in [0.2, 0.25) is 0 Å². The number of hydrogen-bond acceptors (Lipinski definition) is 11. The molecule has 3 N–H and O–H groups in total. The molecule has 0 saturated carbocycles. The molecule has 4 atom stereocenters. The van der Waals surface area contributed by atoms with E-state index in [-0.39, 0.29) is 58.7 Å². The van der Waals surface area contributed by atoms with Crippen LogP contribution in [0.4, 0.5) is 26.3 Å². The number of H-pyrrole nitrogens is 2. The number of hydrogen-bond donors (Lipinski definition) is 3. The number of carbonyl (C=O) groups is 1. The molecule has 4 unspecified atom stereocenters. The van der Waals surface area contributed by atoms with E-state index >= 15 is 0 Å². The quantitative estimate of drug-likeness (QED) is 0.115. The minimum atomic E-state index is -4.45. The van der Waals surface area contributed by atoms with Gasteiger partial charge in [-0.15, -0.1) is 0 Å². The van der Waals surface area contributed by atoms with Gasteiger partial charge in [-0.1, -0.05) is 50.2 Å². The van der Waals surface area contributed by atoms with Crippen LogP contribution in [-0.4, -0.2) is 103 Å². The smallest absolute Gasteiger partial charge is 0.381 e. The molecule has 21 heteroatoms. The summed E-state index contributed by atoms with van der Waals surface area (Å²) in [6.45, 7) is 10.2. The van der Waals surface area contributed by atoms with Crippen LogP contribution in [0.25, 0.3) is 11.0 Å². The van der Waals surface area contributed by atoms with Crippen molar-refractivity contribution in [3.63, 3.8) is 0 Å². The van der Waals surface area contributed by atoms with Crippen LogP contribution in [0, 0.1) is 11.8 Å². The molecule has 4 aliphatic heterocycles. The Morgan fingerprint density at radius 2 is 1.18 bits per heavy atom. The first-order valence-corrected chi connectivity index (χ1v) is 22.4. The van der Waals surface area contributed by atoms with Gasteiger partial charge in [-0.05, 0) is 61.8 Å². The van der Waals surface area contributed by atoms with Gasteiger partial charge in [-0.3, -0.25) is 19.3 Å². The molecule has 8 heterocycles. The third kappa shape index (κ3) is 10.7. The van der Waals surface area contributed by atoms with Gasteiger partial charge in [-0.2, -0.15) is 36.5 Å². The molecule has 4 saturated heterocycles. The Balaban J connectivity index is 0.000000153. The van der Waals surface area contributed by atoms with Crippen molar-refractivity contribution in [2.75, 3.05) is 52.6 Å². The summed E-state index contributed by atoms with van der Waals surface area (Å²) in [7, 11) is 0. The van der Waals surface area contributed by atoms with Crippen LogP contribution >= 0.6 is 0 Å². The van der Waals surface area contributed by atoms with E-state index in [0.29, 0.717) is 55.0 Å². The maximum atomic E-state index is 13.4. The summed E-state index contributed by atoms with van der Waals surface area (Å²) < 4.78 is 90.7. The number of nitrogens with one attached hydrogen (secondary N) is 3. The summed E-state index contributed by atoms with van der Waals surface area (Å²) >= 11 is 0. The van der Waals surface area contributed by atoms with Crippen LogP contribution in [0.1, 0.15) is 114 Å². The minimum Gasteiger partial charge on any atom is -0.381 e. The molecule has 6 aromatic rings. The zero-order chi connectivity index (χ0) is 47.5. The maximum Gasteiger partial charge on any atom is 0.417 e. The summed E-state index contributed by atoms with van der Waals surface area (Å²) in [6.07, 6.45) is -1.92. The molecule has 0 bridgehead atoms. The van der Waals surface area contributed by atoms with Gasteiger partial charge >= 0.3 is 12.4 Å². The molecule has 0 aliphatic carbocycles. The number of ether oxygens (including phenoxy) is 2. The van der Waals surface area contributed by atoms with Gasteiger partial charge < -0.3 is 24.8 Å². The van der Waals surface area contributed by atoms with E-state index in [1.807, 2.05) is 11.8 Å². The number of aromatic amines is 2.